The third kappa shape index (κ3) is 5.60. The number of benzene rings is 1. The first kappa shape index (κ1) is 33.6. The molecule has 46 heavy (non-hydrogen) atoms. The van der Waals surface area contributed by atoms with E-state index in [9.17, 15) is 24.0 Å². The molecule has 1 aliphatic heterocycles. The predicted molar refractivity (Wildman–Crippen MR) is 162 cm³/mol. The van der Waals surface area contributed by atoms with Gasteiger partial charge in [-0.15, -0.1) is 0 Å². The van der Waals surface area contributed by atoms with Crippen molar-refractivity contribution < 1.29 is 52.4 Å². The second kappa shape index (κ2) is 11.8. The molecule has 3 aliphatic carbocycles. The fraction of sp³-hybridized carbons (Fsp3) is 0.629. The highest BCUT2D eigenvalue weighted by Crippen LogP contribution is 2.68. The summed E-state index contributed by atoms with van der Waals surface area (Å²) < 4.78 is 35.4. The fourth-order valence-corrected chi connectivity index (χ4v) is 8.31. The van der Waals surface area contributed by atoms with Crippen molar-refractivity contribution >= 4 is 29.7 Å². The summed E-state index contributed by atoms with van der Waals surface area (Å²) in [6.45, 7) is 13.1. The van der Waals surface area contributed by atoms with E-state index in [0.29, 0.717) is 16.9 Å². The van der Waals surface area contributed by atoms with Crippen LogP contribution in [0.25, 0.3) is 0 Å². The van der Waals surface area contributed by atoms with Gasteiger partial charge in [0.25, 0.3) is 0 Å². The van der Waals surface area contributed by atoms with E-state index in [1.54, 1.807) is 51.3 Å². The van der Waals surface area contributed by atoms with Crippen molar-refractivity contribution in [2.75, 3.05) is 7.11 Å². The normalized spacial score (nSPS) is 38.3. The molecule has 1 aromatic rings. The molecular weight excluding hydrogens is 596 g/mol. The Balaban J connectivity index is 1.64. The maximum absolute atomic E-state index is 14.5. The van der Waals surface area contributed by atoms with Crippen molar-refractivity contribution in [1.29, 1.82) is 0 Å². The Hall–Kier alpha value is -3.73. The van der Waals surface area contributed by atoms with Crippen molar-refractivity contribution in [2.45, 2.75) is 104 Å². The van der Waals surface area contributed by atoms with Crippen LogP contribution in [0.4, 0.5) is 0 Å². The van der Waals surface area contributed by atoms with E-state index >= 15 is 0 Å². The minimum atomic E-state index is -1.35. The smallest absolute Gasteiger partial charge is 0.310 e. The van der Waals surface area contributed by atoms with Gasteiger partial charge in [0, 0.05) is 32.6 Å². The molecule has 0 spiro atoms. The lowest BCUT2D eigenvalue weighted by Gasteiger charge is -2.30. The molecule has 10 atom stereocenters. The molecule has 1 saturated heterocycles. The van der Waals surface area contributed by atoms with Gasteiger partial charge in [0.1, 0.15) is 24.1 Å². The fourth-order valence-electron chi connectivity index (χ4n) is 8.31. The summed E-state index contributed by atoms with van der Waals surface area (Å²) in [5.74, 6) is -3.76. The Kier molecular flexibility index (Phi) is 8.64. The van der Waals surface area contributed by atoms with Crippen LogP contribution in [0, 0.1) is 29.1 Å². The SMILES string of the molecule is COc1ccc(CC(=O)O[C@@H]2/C(C)=C\[C@@]34O[C@@]3(C[C@H](C)[C@@H]4OC(C)=O)C(=O)[C@H](C)[C@H](OC(C)=O)[C@@H]3[C@H]([C@@H]2OC(C)=O)C3(C)C)cc1. The number of rotatable bonds is 7. The second-order valence-electron chi connectivity index (χ2n) is 13.9. The molecule has 3 fully saturated rings. The monoisotopic (exact) mass is 640 g/mol. The number of esters is 4. The lowest BCUT2D eigenvalue weighted by atomic mass is 9.80. The molecule has 1 aromatic carbocycles. The summed E-state index contributed by atoms with van der Waals surface area (Å²) >= 11 is 0. The van der Waals surface area contributed by atoms with E-state index in [1.807, 2.05) is 20.8 Å². The highest BCUT2D eigenvalue weighted by atomic mass is 16.7. The lowest BCUT2D eigenvalue weighted by molar-refractivity contribution is -0.167. The summed E-state index contributed by atoms with van der Waals surface area (Å²) in [6, 6.07) is 7.00. The molecule has 0 amide bonds. The third-order valence-corrected chi connectivity index (χ3v) is 10.3. The Morgan fingerprint density at radius 1 is 0.870 bits per heavy atom. The van der Waals surface area contributed by atoms with Crippen molar-refractivity contribution in [3.63, 3.8) is 0 Å². The largest absolute Gasteiger partial charge is 0.497 e. The van der Waals surface area contributed by atoms with E-state index in [4.69, 9.17) is 28.4 Å². The molecule has 0 radical (unpaired) electrons. The van der Waals surface area contributed by atoms with Crippen molar-refractivity contribution in [3.05, 3.63) is 41.5 Å². The van der Waals surface area contributed by atoms with Crippen LogP contribution in [0.2, 0.25) is 0 Å². The van der Waals surface area contributed by atoms with Gasteiger partial charge in [-0.2, -0.15) is 0 Å². The number of epoxide rings is 1. The number of fused-ring (bicyclic) bond motifs is 1. The molecule has 250 valence electrons. The Bertz CT molecular complexity index is 1460. The van der Waals surface area contributed by atoms with Crippen LogP contribution in [0.5, 0.6) is 5.75 Å². The van der Waals surface area contributed by atoms with Crippen molar-refractivity contribution in [1.82, 2.24) is 0 Å². The number of ether oxygens (including phenoxy) is 6. The zero-order chi connectivity index (χ0) is 33.9. The number of hydrogen-bond acceptors (Lipinski definition) is 11. The maximum Gasteiger partial charge on any atom is 0.310 e. The molecule has 4 aliphatic rings. The number of ketones is 1. The summed E-state index contributed by atoms with van der Waals surface area (Å²) in [7, 11) is 1.55. The van der Waals surface area contributed by atoms with Crippen LogP contribution in [0.15, 0.2) is 35.9 Å². The van der Waals surface area contributed by atoms with E-state index < -0.39 is 82.7 Å². The molecule has 11 nitrogen and oxygen atoms in total. The van der Waals surface area contributed by atoms with Crippen LogP contribution < -0.4 is 4.74 Å². The minimum Gasteiger partial charge on any atom is -0.497 e. The zero-order valence-corrected chi connectivity index (χ0v) is 27.9. The Morgan fingerprint density at radius 3 is 2.00 bits per heavy atom. The average Bonchev–Trinajstić information content (AvgIpc) is 3.76. The van der Waals surface area contributed by atoms with Gasteiger partial charge in [0.15, 0.2) is 23.1 Å². The second-order valence-corrected chi connectivity index (χ2v) is 13.9. The van der Waals surface area contributed by atoms with Crippen LogP contribution in [0.3, 0.4) is 0 Å². The topological polar surface area (TPSA) is 144 Å². The minimum absolute atomic E-state index is 0.0671. The summed E-state index contributed by atoms with van der Waals surface area (Å²) in [5, 5.41) is 0. The molecule has 5 rings (SSSR count). The van der Waals surface area contributed by atoms with Crippen LogP contribution in [0.1, 0.15) is 67.4 Å². The molecule has 0 bridgehead atoms. The molecule has 2 saturated carbocycles. The van der Waals surface area contributed by atoms with Crippen molar-refractivity contribution in [3.8, 4) is 5.75 Å². The van der Waals surface area contributed by atoms with Gasteiger partial charge < -0.3 is 28.4 Å². The summed E-state index contributed by atoms with van der Waals surface area (Å²) in [4.78, 5) is 65.3. The van der Waals surface area contributed by atoms with Gasteiger partial charge in [-0.1, -0.05) is 39.8 Å². The summed E-state index contributed by atoms with van der Waals surface area (Å²) in [6.07, 6.45) is -1.83. The van der Waals surface area contributed by atoms with Gasteiger partial charge >= 0.3 is 23.9 Å². The number of Topliss-reactive ketones (excluding diaryl/α,β-unsaturated/α-hetero) is 1. The lowest BCUT2D eigenvalue weighted by Crippen LogP contribution is -2.43. The zero-order valence-electron chi connectivity index (χ0n) is 27.9. The first-order valence-electron chi connectivity index (χ1n) is 15.8. The maximum atomic E-state index is 14.5. The van der Waals surface area contributed by atoms with E-state index in [2.05, 4.69) is 0 Å². The van der Waals surface area contributed by atoms with Gasteiger partial charge in [-0.25, -0.2) is 0 Å². The molecular formula is C35H44O11. The van der Waals surface area contributed by atoms with Gasteiger partial charge in [0.05, 0.1) is 19.4 Å². The molecule has 0 aromatic heterocycles. The van der Waals surface area contributed by atoms with Crippen LogP contribution >= 0.6 is 0 Å². The molecule has 1 heterocycles. The predicted octanol–water partition coefficient (Wildman–Crippen LogP) is 3.93. The number of carbonyl (C=O) groups is 5. The number of methoxy groups -OCH3 is 1. The molecule has 0 N–H and O–H groups in total. The Morgan fingerprint density at radius 2 is 1.43 bits per heavy atom. The van der Waals surface area contributed by atoms with Crippen LogP contribution in [-0.4, -0.2) is 72.4 Å². The van der Waals surface area contributed by atoms with E-state index in [1.165, 1.54) is 20.8 Å². The van der Waals surface area contributed by atoms with Gasteiger partial charge in [0.2, 0.25) is 0 Å². The Labute approximate surface area is 269 Å². The number of carbonyl (C=O) groups excluding carboxylic acids is 5. The first-order valence-corrected chi connectivity index (χ1v) is 15.8. The van der Waals surface area contributed by atoms with Gasteiger partial charge in [-0.3, -0.25) is 24.0 Å². The highest BCUT2D eigenvalue weighted by molar-refractivity contribution is 5.96. The standard InChI is InChI=1S/C35H44O11/c1-17-15-35-32(44-22(6)38)18(2)16-34(35,46-35)31(40)19(3)29(42-20(4)36)26-27(33(26,7)8)30(43-21(5)37)28(17)45-25(39)14-23-10-12-24(41-9)13-11-23/h10-13,15,18-19,26-30,32H,14,16H2,1-9H3/b17-15-/t18-,19+,26-,27+,28+,29-,30-,32-,34-,35-/m0/s1. The van der Waals surface area contributed by atoms with Crippen LogP contribution in [-0.2, 0) is 54.1 Å². The average molecular weight is 641 g/mol. The first-order chi connectivity index (χ1) is 21.5. The summed E-state index contributed by atoms with van der Waals surface area (Å²) in [5.41, 5.74) is -2.10. The molecule has 11 heteroatoms. The van der Waals surface area contributed by atoms with E-state index in [-0.39, 0.29) is 24.5 Å². The van der Waals surface area contributed by atoms with E-state index in [0.717, 1.165) is 0 Å². The highest BCUT2D eigenvalue weighted by Gasteiger charge is 2.84. The van der Waals surface area contributed by atoms with Crippen molar-refractivity contribution in [2.24, 2.45) is 29.1 Å². The quantitative estimate of drug-likeness (QED) is 0.185. The molecule has 0 unspecified atom stereocenters. The van der Waals surface area contributed by atoms with Gasteiger partial charge in [-0.05, 0) is 54.0 Å². The third-order valence-electron chi connectivity index (χ3n) is 10.3. The number of hydrogen-bond donors (Lipinski definition) is 0.